The lowest BCUT2D eigenvalue weighted by Crippen LogP contribution is -2.26. The molecule has 0 aromatic heterocycles. The van der Waals surface area contributed by atoms with Crippen molar-refractivity contribution in [3.8, 4) is 5.75 Å². The first-order valence-corrected chi connectivity index (χ1v) is 7.35. The number of nitrogen functional groups attached to an aromatic ring is 1. The van der Waals surface area contributed by atoms with E-state index in [9.17, 15) is 0 Å². The van der Waals surface area contributed by atoms with Crippen LogP contribution < -0.4 is 10.5 Å². The van der Waals surface area contributed by atoms with Gasteiger partial charge in [-0.25, -0.2) is 0 Å². The molecule has 2 N–H and O–H groups in total. The van der Waals surface area contributed by atoms with Gasteiger partial charge >= 0.3 is 0 Å². The highest BCUT2D eigenvalue weighted by Crippen LogP contribution is 2.26. The maximum atomic E-state index is 5.95. The van der Waals surface area contributed by atoms with E-state index in [2.05, 4.69) is 6.92 Å². The highest BCUT2D eigenvalue weighted by molar-refractivity contribution is 5.41. The molecule has 1 aliphatic carbocycles. The Labute approximate surface area is 116 Å². The predicted octanol–water partition coefficient (Wildman–Crippen LogP) is 3.63. The number of rotatable bonds is 6. The van der Waals surface area contributed by atoms with Gasteiger partial charge in [0.15, 0.2) is 0 Å². The minimum atomic E-state index is 0.463. The molecule has 2 atom stereocenters. The van der Waals surface area contributed by atoms with Crippen molar-refractivity contribution >= 4 is 5.69 Å². The fraction of sp³-hybridized carbons (Fsp3) is 0.625. The number of hydrogen-bond donors (Lipinski definition) is 1. The summed E-state index contributed by atoms with van der Waals surface area (Å²) in [4.78, 5) is 0. The molecule has 0 saturated heterocycles. The lowest BCUT2D eigenvalue weighted by Gasteiger charge is -2.28. The Bertz CT molecular complexity index is 364. The van der Waals surface area contributed by atoms with Gasteiger partial charge in [0, 0.05) is 12.1 Å². The first-order chi connectivity index (χ1) is 9.25. The Kier molecular flexibility index (Phi) is 5.52. The van der Waals surface area contributed by atoms with Crippen LogP contribution in [0.5, 0.6) is 5.75 Å². The van der Waals surface area contributed by atoms with Gasteiger partial charge in [0.05, 0.1) is 19.3 Å². The lowest BCUT2D eigenvalue weighted by molar-refractivity contribution is -0.00912. The topological polar surface area (TPSA) is 44.5 Å². The molecule has 0 bridgehead atoms. The molecule has 1 fully saturated rings. The van der Waals surface area contributed by atoms with Crippen LogP contribution in [0.25, 0.3) is 0 Å². The first-order valence-electron chi connectivity index (χ1n) is 7.35. The molecule has 19 heavy (non-hydrogen) atoms. The van der Waals surface area contributed by atoms with Crippen LogP contribution in [0.4, 0.5) is 5.69 Å². The SMILES string of the molecule is CC1CCCCC1OCCCOc1ccc(N)cc1. The molecular weight excluding hydrogens is 238 g/mol. The molecule has 1 aromatic carbocycles. The molecule has 0 amide bonds. The summed E-state index contributed by atoms with van der Waals surface area (Å²) in [7, 11) is 0. The van der Waals surface area contributed by atoms with Gasteiger partial charge in [-0.15, -0.1) is 0 Å². The van der Waals surface area contributed by atoms with Crippen molar-refractivity contribution < 1.29 is 9.47 Å². The van der Waals surface area contributed by atoms with E-state index >= 15 is 0 Å². The predicted molar refractivity (Wildman–Crippen MR) is 78.3 cm³/mol. The molecule has 0 heterocycles. The molecule has 1 aromatic rings. The molecule has 3 heteroatoms. The van der Waals surface area contributed by atoms with Crippen LogP contribution in [-0.2, 0) is 4.74 Å². The summed E-state index contributed by atoms with van der Waals surface area (Å²) in [5.74, 6) is 1.59. The Hall–Kier alpha value is -1.22. The van der Waals surface area contributed by atoms with E-state index in [0.717, 1.165) is 24.5 Å². The number of hydrogen-bond acceptors (Lipinski definition) is 3. The van der Waals surface area contributed by atoms with Gasteiger partial charge < -0.3 is 15.2 Å². The van der Waals surface area contributed by atoms with Crippen molar-refractivity contribution in [2.75, 3.05) is 18.9 Å². The van der Waals surface area contributed by atoms with Gasteiger partial charge in [0.1, 0.15) is 5.75 Å². The molecule has 0 spiro atoms. The first kappa shape index (κ1) is 14.2. The van der Waals surface area contributed by atoms with E-state index in [0.29, 0.717) is 18.6 Å². The van der Waals surface area contributed by atoms with Gasteiger partial charge in [-0.1, -0.05) is 19.8 Å². The van der Waals surface area contributed by atoms with Crippen LogP contribution in [0, 0.1) is 5.92 Å². The van der Waals surface area contributed by atoms with Crippen molar-refractivity contribution in [2.24, 2.45) is 5.92 Å². The lowest BCUT2D eigenvalue weighted by atomic mass is 9.88. The van der Waals surface area contributed by atoms with Crippen LogP contribution >= 0.6 is 0 Å². The van der Waals surface area contributed by atoms with E-state index in [1.54, 1.807) is 0 Å². The van der Waals surface area contributed by atoms with Crippen molar-refractivity contribution in [2.45, 2.75) is 45.1 Å². The molecular formula is C16H25NO2. The van der Waals surface area contributed by atoms with Crippen LogP contribution in [-0.4, -0.2) is 19.3 Å². The molecule has 1 saturated carbocycles. The van der Waals surface area contributed by atoms with Crippen LogP contribution in [0.2, 0.25) is 0 Å². The summed E-state index contributed by atoms with van der Waals surface area (Å²) in [5, 5.41) is 0. The van der Waals surface area contributed by atoms with Gasteiger partial charge in [0.25, 0.3) is 0 Å². The highest BCUT2D eigenvalue weighted by atomic mass is 16.5. The van der Waals surface area contributed by atoms with Crippen molar-refractivity contribution in [1.29, 1.82) is 0 Å². The second-order valence-corrected chi connectivity index (χ2v) is 5.44. The third-order valence-corrected chi connectivity index (χ3v) is 3.80. The minimum Gasteiger partial charge on any atom is -0.494 e. The number of ether oxygens (including phenoxy) is 2. The van der Waals surface area contributed by atoms with E-state index in [-0.39, 0.29) is 0 Å². The van der Waals surface area contributed by atoms with Gasteiger partial charge in [-0.3, -0.25) is 0 Å². The van der Waals surface area contributed by atoms with E-state index < -0.39 is 0 Å². The van der Waals surface area contributed by atoms with Gasteiger partial charge in [-0.05, 0) is 43.0 Å². The molecule has 0 aliphatic heterocycles. The third-order valence-electron chi connectivity index (χ3n) is 3.80. The Balaban J connectivity index is 1.58. The number of nitrogens with two attached hydrogens (primary N) is 1. The number of anilines is 1. The maximum Gasteiger partial charge on any atom is 0.119 e. The van der Waals surface area contributed by atoms with Crippen LogP contribution in [0.15, 0.2) is 24.3 Å². The summed E-state index contributed by atoms with van der Waals surface area (Å²) in [6, 6.07) is 7.52. The summed E-state index contributed by atoms with van der Waals surface area (Å²) in [6.45, 7) is 3.80. The molecule has 2 unspecified atom stereocenters. The molecule has 2 rings (SSSR count). The fourth-order valence-corrected chi connectivity index (χ4v) is 2.58. The van der Waals surface area contributed by atoms with Gasteiger partial charge in [0.2, 0.25) is 0 Å². The van der Waals surface area contributed by atoms with Crippen LogP contribution in [0.1, 0.15) is 39.0 Å². The zero-order chi connectivity index (χ0) is 13.5. The van der Waals surface area contributed by atoms with Gasteiger partial charge in [-0.2, -0.15) is 0 Å². The molecule has 3 nitrogen and oxygen atoms in total. The summed E-state index contributed by atoms with van der Waals surface area (Å²) in [6.07, 6.45) is 6.61. The normalized spacial score (nSPS) is 23.2. The molecule has 1 aliphatic rings. The minimum absolute atomic E-state index is 0.463. The molecule has 106 valence electrons. The second kappa shape index (κ2) is 7.39. The zero-order valence-electron chi connectivity index (χ0n) is 11.8. The van der Waals surface area contributed by atoms with E-state index in [4.69, 9.17) is 15.2 Å². The molecule has 0 radical (unpaired) electrons. The second-order valence-electron chi connectivity index (χ2n) is 5.44. The highest BCUT2D eigenvalue weighted by Gasteiger charge is 2.21. The fourth-order valence-electron chi connectivity index (χ4n) is 2.58. The van der Waals surface area contributed by atoms with Crippen molar-refractivity contribution in [3.63, 3.8) is 0 Å². The number of benzene rings is 1. The average molecular weight is 263 g/mol. The standard InChI is InChI=1S/C16H25NO2/c1-13-5-2-3-6-16(13)19-12-4-11-18-15-9-7-14(17)8-10-15/h7-10,13,16H,2-6,11-12,17H2,1H3. The Morgan fingerprint density at radius 3 is 2.58 bits per heavy atom. The summed E-state index contributed by atoms with van der Waals surface area (Å²) < 4.78 is 11.6. The maximum absolute atomic E-state index is 5.95. The Morgan fingerprint density at radius 1 is 1.11 bits per heavy atom. The van der Waals surface area contributed by atoms with E-state index in [1.807, 2.05) is 24.3 Å². The van der Waals surface area contributed by atoms with Crippen molar-refractivity contribution in [3.05, 3.63) is 24.3 Å². The zero-order valence-corrected chi connectivity index (χ0v) is 11.8. The summed E-state index contributed by atoms with van der Waals surface area (Å²) >= 11 is 0. The summed E-state index contributed by atoms with van der Waals surface area (Å²) in [5.41, 5.74) is 6.39. The average Bonchev–Trinajstić information content (AvgIpc) is 2.42. The Morgan fingerprint density at radius 2 is 1.84 bits per heavy atom. The smallest absolute Gasteiger partial charge is 0.119 e. The van der Waals surface area contributed by atoms with E-state index in [1.165, 1.54) is 25.7 Å². The third kappa shape index (κ3) is 4.75. The van der Waals surface area contributed by atoms with Crippen molar-refractivity contribution in [1.82, 2.24) is 0 Å². The largest absolute Gasteiger partial charge is 0.494 e. The van der Waals surface area contributed by atoms with Crippen LogP contribution in [0.3, 0.4) is 0 Å². The quantitative estimate of drug-likeness (QED) is 0.629. The monoisotopic (exact) mass is 263 g/mol.